The molecule has 4 nitrogen and oxygen atoms in total. The second-order valence-electron chi connectivity index (χ2n) is 5.36. The maximum absolute atomic E-state index is 6.16. The van der Waals surface area contributed by atoms with Gasteiger partial charge in [0.1, 0.15) is 0 Å². The fourth-order valence-electron chi connectivity index (χ4n) is 2.35. The molecule has 0 radical (unpaired) electrons. The number of piperidine rings is 1. The SMILES string of the molecule is CC(C)Oc1ccnc(N2CCC(C(C)Cl)CC2)n1. The largest absolute Gasteiger partial charge is 0.475 e. The van der Waals surface area contributed by atoms with Gasteiger partial charge in [0.2, 0.25) is 11.8 Å². The summed E-state index contributed by atoms with van der Waals surface area (Å²) in [6.45, 7) is 8.00. The van der Waals surface area contributed by atoms with Crippen LogP contribution in [0.2, 0.25) is 0 Å². The van der Waals surface area contributed by atoms with Crippen LogP contribution in [-0.4, -0.2) is 34.5 Å². The molecule has 1 atom stereocenters. The first kappa shape index (κ1) is 14.4. The minimum atomic E-state index is 0.130. The van der Waals surface area contributed by atoms with E-state index in [-0.39, 0.29) is 11.5 Å². The quantitative estimate of drug-likeness (QED) is 0.796. The number of anilines is 1. The summed E-state index contributed by atoms with van der Waals surface area (Å²) >= 11 is 6.16. The van der Waals surface area contributed by atoms with Crippen molar-refractivity contribution < 1.29 is 4.74 Å². The monoisotopic (exact) mass is 283 g/mol. The molecule has 106 valence electrons. The third-order valence-corrected chi connectivity index (χ3v) is 3.80. The molecule has 0 saturated carbocycles. The standard InChI is InChI=1S/C14H22ClN3O/c1-10(2)19-13-4-7-16-14(17-13)18-8-5-12(6-9-18)11(3)15/h4,7,10-12H,5-6,8-9H2,1-3H3. The minimum Gasteiger partial charge on any atom is -0.475 e. The third-order valence-electron chi connectivity index (χ3n) is 3.45. The highest BCUT2D eigenvalue weighted by atomic mass is 35.5. The Hall–Kier alpha value is -1.03. The Morgan fingerprint density at radius 1 is 1.32 bits per heavy atom. The Labute approximate surface area is 120 Å². The van der Waals surface area contributed by atoms with Crippen molar-refractivity contribution in [1.82, 2.24) is 9.97 Å². The molecule has 5 heteroatoms. The molecule has 0 aliphatic carbocycles. The van der Waals surface area contributed by atoms with Crippen molar-refractivity contribution in [3.63, 3.8) is 0 Å². The average Bonchev–Trinajstić information content (AvgIpc) is 2.38. The fraction of sp³-hybridized carbons (Fsp3) is 0.714. The van der Waals surface area contributed by atoms with Crippen LogP contribution in [0.4, 0.5) is 5.95 Å². The van der Waals surface area contributed by atoms with Gasteiger partial charge in [-0.1, -0.05) is 0 Å². The van der Waals surface area contributed by atoms with Crippen LogP contribution in [0.1, 0.15) is 33.6 Å². The van der Waals surface area contributed by atoms with Crippen LogP contribution >= 0.6 is 11.6 Å². The van der Waals surface area contributed by atoms with E-state index >= 15 is 0 Å². The first-order chi connectivity index (χ1) is 9.06. The summed E-state index contributed by atoms with van der Waals surface area (Å²) in [7, 11) is 0. The second kappa shape index (κ2) is 6.42. The molecule has 1 aliphatic rings. The molecule has 1 saturated heterocycles. The van der Waals surface area contributed by atoms with Gasteiger partial charge >= 0.3 is 0 Å². The molecular weight excluding hydrogens is 262 g/mol. The first-order valence-corrected chi connectivity index (χ1v) is 7.38. The van der Waals surface area contributed by atoms with Crippen molar-refractivity contribution in [2.24, 2.45) is 5.92 Å². The van der Waals surface area contributed by atoms with Crippen molar-refractivity contribution in [3.05, 3.63) is 12.3 Å². The zero-order chi connectivity index (χ0) is 13.8. The highest BCUT2D eigenvalue weighted by Crippen LogP contribution is 2.26. The van der Waals surface area contributed by atoms with Crippen LogP contribution in [-0.2, 0) is 0 Å². The lowest BCUT2D eigenvalue weighted by atomic mass is 9.94. The average molecular weight is 284 g/mol. The van der Waals surface area contributed by atoms with Crippen LogP contribution in [0.5, 0.6) is 5.88 Å². The van der Waals surface area contributed by atoms with Gasteiger partial charge in [-0.25, -0.2) is 4.98 Å². The Balaban J connectivity index is 1.99. The van der Waals surface area contributed by atoms with Gasteiger partial charge in [0.15, 0.2) is 0 Å². The maximum atomic E-state index is 6.16. The Morgan fingerprint density at radius 3 is 2.58 bits per heavy atom. The van der Waals surface area contributed by atoms with Gasteiger partial charge in [-0.05, 0) is 39.5 Å². The van der Waals surface area contributed by atoms with Crippen molar-refractivity contribution in [3.8, 4) is 5.88 Å². The number of halogens is 1. The Bertz CT molecular complexity index is 403. The van der Waals surface area contributed by atoms with Crippen molar-refractivity contribution in [2.75, 3.05) is 18.0 Å². The van der Waals surface area contributed by atoms with E-state index in [1.165, 1.54) is 0 Å². The molecule has 2 heterocycles. The lowest BCUT2D eigenvalue weighted by molar-refractivity contribution is 0.232. The van der Waals surface area contributed by atoms with Gasteiger partial charge in [0, 0.05) is 30.7 Å². The van der Waals surface area contributed by atoms with E-state index < -0.39 is 0 Å². The molecule has 0 bridgehead atoms. The molecule has 0 N–H and O–H groups in total. The number of ether oxygens (including phenoxy) is 1. The zero-order valence-corrected chi connectivity index (χ0v) is 12.6. The zero-order valence-electron chi connectivity index (χ0n) is 11.8. The van der Waals surface area contributed by atoms with Gasteiger partial charge < -0.3 is 9.64 Å². The molecule has 1 aromatic rings. The van der Waals surface area contributed by atoms with Crippen LogP contribution in [0.25, 0.3) is 0 Å². The van der Waals surface area contributed by atoms with Crippen molar-refractivity contribution in [1.29, 1.82) is 0 Å². The van der Waals surface area contributed by atoms with E-state index in [1.807, 2.05) is 13.8 Å². The number of rotatable bonds is 4. The highest BCUT2D eigenvalue weighted by Gasteiger charge is 2.24. The molecule has 19 heavy (non-hydrogen) atoms. The summed E-state index contributed by atoms with van der Waals surface area (Å²) in [6.07, 6.45) is 4.09. The van der Waals surface area contributed by atoms with Gasteiger partial charge in [-0.2, -0.15) is 4.98 Å². The molecule has 0 aromatic carbocycles. The highest BCUT2D eigenvalue weighted by molar-refractivity contribution is 6.20. The maximum Gasteiger partial charge on any atom is 0.228 e. The summed E-state index contributed by atoms with van der Waals surface area (Å²) in [4.78, 5) is 11.0. The first-order valence-electron chi connectivity index (χ1n) is 6.95. The molecule has 1 fully saturated rings. The van der Waals surface area contributed by atoms with E-state index in [1.54, 1.807) is 12.3 Å². The second-order valence-corrected chi connectivity index (χ2v) is 6.05. The van der Waals surface area contributed by atoms with Gasteiger partial charge in [0.25, 0.3) is 0 Å². The fourth-order valence-corrected chi connectivity index (χ4v) is 2.60. The molecule has 2 rings (SSSR count). The van der Waals surface area contributed by atoms with E-state index in [2.05, 4.69) is 21.8 Å². The molecular formula is C14H22ClN3O. The van der Waals surface area contributed by atoms with Crippen LogP contribution in [0, 0.1) is 5.92 Å². The van der Waals surface area contributed by atoms with Gasteiger partial charge in [-0.15, -0.1) is 11.6 Å². The Kier molecular flexibility index (Phi) is 4.86. The number of hydrogen-bond donors (Lipinski definition) is 0. The number of nitrogens with zero attached hydrogens (tertiary/aromatic N) is 3. The van der Waals surface area contributed by atoms with Gasteiger partial charge in [0.05, 0.1) is 6.10 Å². The van der Waals surface area contributed by atoms with E-state index in [0.29, 0.717) is 11.8 Å². The van der Waals surface area contributed by atoms with E-state index in [4.69, 9.17) is 16.3 Å². The lowest BCUT2D eigenvalue weighted by Gasteiger charge is -2.33. The molecule has 1 unspecified atom stereocenters. The summed E-state index contributed by atoms with van der Waals surface area (Å²) in [6, 6.07) is 1.80. The van der Waals surface area contributed by atoms with Crippen LogP contribution in [0.15, 0.2) is 12.3 Å². The van der Waals surface area contributed by atoms with Crippen molar-refractivity contribution >= 4 is 17.5 Å². The lowest BCUT2D eigenvalue weighted by Crippen LogP contribution is -2.37. The normalized spacial score (nSPS) is 18.7. The minimum absolute atomic E-state index is 0.130. The predicted octanol–water partition coefficient (Wildman–Crippen LogP) is 3.11. The third kappa shape index (κ3) is 3.96. The summed E-state index contributed by atoms with van der Waals surface area (Å²) in [5.41, 5.74) is 0. The van der Waals surface area contributed by atoms with Gasteiger partial charge in [-0.3, -0.25) is 0 Å². The molecule has 1 aromatic heterocycles. The summed E-state index contributed by atoms with van der Waals surface area (Å²) < 4.78 is 5.61. The van der Waals surface area contributed by atoms with E-state index in [9.17, 15) is 0 Å². The summed E-state index contributed by atoms with van der Waals surface area (Å²) in [5.74, 6) is 2.01. The number of hydrogen-bond acceptors (Lipinski definition) is 4. The van der Waals surface area contributed by atoms with E-state index in [0.717, 1.165) is 31.9 Å². The summed E-state index contributed by atoms with van der Waals surface area (Å²) in [5, 5.41) is 0.249. The predicted molar refractivity (Wildman–Crippen MR) is 78.0 cm³/mol. The molecule has 0 amide bonds. The van der Waals surface area contributed by atoms with Crippen LogP contribution < -0.4 is 9.64 Å². The van der Waals surface area contributed by atoms with Crippen molar-refractivity contribution in [2.45, 2.75) is 45.1 Å². The smallest absolute Gasteiger partial charge is 0.228 e. The number of alkyl halides is 1. The molecule has 0 spiro atoms. The molecule has 1 aliphatic heterocycles. The number of aromatic nitrogens is 2. The Morgan fingerprint density at radius 2 is 2.00 bits per heavy atom. The topological polar surface area (TPSA) is 38.2 Å². The van der Waals surface area contributed by atoms with Crippen LogP contribution in [0.3, 0.4) is 0 Å².